The van der Waals surface area contributed by atoms with Gasteiger partial charge < -0.3 is 14.2 Å². The van der Waals surface area contributed by atoms with Crippen LogP contribution in [0.5, 0.6) is 0 Å². The zero-order valence-electron chi connectivity index (χ0n) is 11.1. The molecule has 0 aromatic carbocycles. The van der Waals surface area contributed by atoms with E-state index in [4.69, 9.17) is 14.2 Å². The van der Waals surface area contributed by atoms with E-state index in [-0.39, 0.29) is 5.60 Å². The Morgan fingerprint density at radius 2 is 2.17 bits per heavy atom. The monoisotopic (exact) mass is 254 g/mol. The molecule has 0 bridgehead atoms. The van der Waals surface area contributed by atoms with E-state index in [2.05, 4.69) is 13.8 Å². The highest BCUT2D eigenvalue weighted by Gasteiger charge is 2.57. The van der Waals surface area contributed by atoms with Crippen LogP contribution in [0, 0.1) is 5.92 Å². The lowest BCUT2D eigenvalue weighted by Gasteiger charge is -2.37. The molecule has 2 saturated heterocycles. The first-order chi connectivity index (χ1) is 8.68. The molecule has 0 aromatic heterocycles. The summed E-state index contributed by atoms with van der Waals surface area (Å²) in [4.78, 5) is 10.7. The Hall–Kier alpha value is -0.610. The number of epoxide rings is 2. The van der Waals surface area contributed by atoms with E-state index >= 15 is 0 Å². The smallest absolute Gasteiger partial charge is 0.293 e. The highest BCUT2D eigenvalue weighted by atomic mass is 16.6. The standard InChI is InChI=1S/C14H22O4/c1-3-10-11(17-10)5-4-9-13-12(18-13)6-7-14(9,2)16-8-15/h8-13H,3-7H2,1-2H3. The third-order valence-electron chi connectivity index (χ3n) is 4.90. The largest absolute Gasteiger partial charge is 0.461 e. The number of hydrogen-bond donors (Lipinski definition) is 0. The van der Waals surface area contributed by atoms with Gasteiger partial charge in [-0.2, -0.15) is 0 Å². The molecule has 0 N–H and O–H groups in total. The van der Waals surface area contributed by atoms with Gasteiger partial charge in [0.1, 0.15) is 5.60 Å². The van der Waals surface area contributed by atoms with Gasteiger partial charge in [-0.05, 0) is 39.0 Å². The van der Waals surface area contributed by atoms with Crippen molar-refractivity contribution in [1.82, 2.24) is 0 Å². The zero-order valence-corrected chi connectivity index (χ0v) is 11.1. The first kappa shape index (κ1) is 12.4. The van der Waals surface area contributed by atoms with Crippen LogP contribution in [0.25, 0.3) is 0 Å². The molecule has 3 rings (SSSR count). The van der Waals surface area contributed by atoms with Crippen LogP contribution in [0.2, 0.25) is 0 Å². The Balaban J connectivity index is 1.58. The molecule has 0 aromatic rings. The van der Waals surface area contributed by atoms with Gasteiger partial charge in [0.2, 0.25) is 0 Å². The van der Waals surface area contributed by atoms with Crippen LogP contribution in [-0.2, 0) is 19.0 Å². The summed E-state index contributed by atoms with van der Waals surface area (Å²) in [5, 5.41) is 0. The lowest BCUT2D eigenvalue weighted by molar-refractivity contribution is -0.151. The summed E-state index contributed by atoms with van der Waals surface area (Å²) in [6.07, 6.45) is 6.74. The third-order valence-corrected chi connectivity index (χ3v) is 4.90. The SMILES string of the molecule is CCC1OC1CCC1C2OC2CCC1(C)OC=O. The Kier molecular flexibility index (Phi) is 3.10. The van der Waals surface area contributed by atoms with E-state index in [1.165, 1.54) is 0 Å². The van der Waals surface area contributed by atoms with E-state index in [0.29, 0.717) is 36.8 Å². The molecule has 18 heavy (non-hydrogen) atoms. The second-order valence-electron chi connectivity index (χ2n) is 6.01. The summed E-state index contributed by atoms with van der Waals surface area (Å²) in [5.41, 5.74) is -0.337. The molecule has 1 aliphatic carbocycles. The summed E-state index contributed by atoms with van der Waals surface area (Å²) >= 11 is 0. The van der Waals surface area contributed by atoms with Crippen molar-refractivity contribution in [2.24, 2.45) is 5.92 Å². The fourth-order valence-electron chi connectivity index (χ4n) is 3.57. The number of carbonyl (C=O) groups is 1. The van der Waals surface area contributed by atoms with Crippen molar-refractivity contribution < 1.29 is 19.0 Å². The van der Waals surface area contributed by atoms with Crippen LogP contribution < -0.4 is 0 Å². The highest BCUT2D eigenvalue weighted by Crippen LogP contribution is 2.50. The van der Waals surface area contributed by atoms with Gasteiger partial charge in [0.15, 0.2) is 0 Å². The molecule has 3 fully saturated rings. The Morgan fingerprint density at radius 1 is 1.33 bits per heavy atom. The highest BCUT2D eigenvalue weighted by molar-refractivity contribution is 5.38. The van der Waals surface area contributed by atoms with Gasteiger partial charge in [0.05, 0.1) is 24.4 Å². The Bertz CT molecular complexity index is 332. The van der Waals surface area contributed by atoms with Crippen LogP contribution in [0.4, 0.5) is 0 Å². The minimum absolute atomic E-state index is 0.308. The predicted molar refractivity (Wildman–Crippen MR) is 65.1 cm³/mol. The molecule has 3 aliphatic rings. The second kappa shape index (κ2) is 4.49. The van der Waals surface area contributed by atoms with Crippen molar-refractivity contribution in [3.05, 3.63) is 0 Å². The summed E-state index contributed by atoms with van der Waals surface area (Å²) in [5.74, 6) is 0.336. The number of ether oxygens (including phenoxy) is 3. The van der Waals surface area contributed by atoms with Gasteiger partial charge in [-0.15, -0.1) is 0 Å². The first-order valence-electron chi connectivity index (χ1n) is 7.10. The average Bonchev–Trinajstić information content (AvgIpc) is 3.22. The molecule has 0 amide bonds. The molecule has 6 unspecified atom stereocenters. The van der Waals surface area contributed by atoms with Gasteiger partial charge in [-0.1, -0.05) is 6.92 Å². The lowest BCUT2D eigenvalue weighted by atomic mass is 9.74. The molecule has 0 radical (unpaired) electrons. The molecule has 102 valence electrons. The van der Waals surface area contributed by atoms with E-state index in [9.17, 15) is 4.79 Å². The van der Waals surface area contributed by atoms with E-state index in [1.54, 1.807) is 0 Å². The molecule has 6 atom stereocenters. The van der Waals surface area contributed by atoms with Gasteiger partial charge in [0, 0.05) is 5.92 Å². The fourth-order valence-corrected chi connectivity index (χ4v) is 3.57. The van der Waals surface area contributed by atoms with Crippen LogP contribution in [0.3, 0.4) is 0 Å². The normalized spacial score (nSPS) is 49.3. The van der Waals surface area contributed by atoms with Gasteiger partial charge >= 0.3 is 0 Å². The minimum atomic E-state index is -0.337. The topological polar surface area (TPSA) is 51.4 Å². The van der Waals surface area contributed by atoms with E-state index in [1.807, 2.05) is 0 Å². The number of rotatable bonds is 6. The first-order valence-corrected chi connectivity index (χ1v) is 7.10. The van der Waals surface area contributed by atoms with Crippen LogP contribution in [0.1, 0.15) is 46.0 Å². The van der Waals surface area contributed by atoms with Crippen molar-refractivity contribution >= 4 is 6.47 Å². The van der Waals surface area contributed by atoms with Crippen molar-refractivity contribution in [3.63, 3.8) is 0 Å². The summed E-state index contributed by atoms with van der Waals surface area (Å²) in [6, 6.07) is 0. The Morgan fingerprint density at radius 3 is 2.83 bits per heavy atom. The molecule has 2 aliphatic heterocycles. The summed E-state index contributed by atoms with van der Waals surface area (Å²) in [6.45, 7) is 4.80. The van der Waals surface area contributed by atoms with E-state index in [0.717, 1.165) is 32.1 Å². The molecule has 2 heterocycles. The fraction of sp³-hybridized carbons (Fsp3) is 0.929. The third kappa shape index (κ3) is 2.16. The van der Waals surface area contributed by atoms with Crippen molar-refractivity contribution in [2.75, 3.05) is 0 Å². The summed E-state index contributed by atoms with van der Waals surface area (Å²) in [7, 11) is 0. The van der Waals surface area contributed by atoms with Crippen LogP contribution >= 0.6 is 0 Å². The zero-order chi connectivity index (χ0) is 12.8. The maximum absolute atomic E-state index is 10.7. The maximum atomic E-state index is 10.7. The lowest BCUT2D eigenvalue weighted by Crippen LogP contribution is -2.44. The number of hydrogen-bond acceptors (Lipinski definition) is 4. The molecule has 4 heteroatoms. The quantitative estimate of drug-likeness (QED) is 0.538. The van der Waals surface area contributed by atoms with Crippen molar-refractivity contribution in [1.29, 1.82) is 0 Å². The molecular formula is C14H22O4. The minimum Gasteiger partial charge on any atom is -0.461 e. The Labute approximate surface area is 108 Å². The molecule has 4 nitrogen and oxygen atoms in total. The average molecular weight is 254 g/mol. The van der Waals surface area contributed by atoms with Crippen LogP contribution in [0.15, 0.2) is 0 Å². The number of carbonyl (C=O) groups excluding carboxylic acids is 1. The molecule has 1 saturated carbocycles. The number of fused-ring (bicyclic) bond motifs is 1. The van der Waals surface area contributed by atoms with Crippen molar-refractivity contribution in [2.45, 2.75) is 76.0 Å². The maximum Gasteiger partial charge on any atom is 0.293 e. The van der Waals surface area contributed by atoms with Gasteiger partial charge in [0.25, 0.3) is 6.47 Å². The van der Waals surface area contributed by atoms with Crippen molar-refractivity contribution in [3.8, 4) is 0 Å². The van der Waals surface area contributed by atoms with Gasteiger partial charge in [-0.3, -0.25) is 4.79 Å². The van der Waals surface area contributed by atoms with Crippen LogP contribution in [-0.4, -0.2) is 36.5 Å². The second-order valence-corrected chi connectivity index (χ2v) is 6.01. The van der Waals surface area contributed by atoms with Gasteiger partial charge in [-0.25, -0.2) is 0 Å². The summed E-state index contributed by atoms with van der Waals surface area (Å²) < 4.78 is 16.7. The predicted octanol–water partition coefficient (Wildman–Crippen LogP) is 2.05. The molecule has 0 spiro atoms. The van der Waals surface area contributed by atoms with E-state index < -0.39 is 0 Å². The molecular weight excluding hydrogens is 232 g/mol.